The summed E-state index contributed by atoms with van der Waals surface area (Å²) in [6.45, 7) is 4.45. The Bertz CT molecular complexity index is 1140. The van der Waals surface area contributed by atoms with Crippen molar-refractivity contribution in [2.45, 2.75) is 70.6 Å². The van der Waals surface area contributed by atoms with Crippen LogP contribution in [0, 0.1) is 11.6 Å². The van der Waals surface area contributed by atoms with E-state index in [0.717, 1.165) is 56.1 Å². The van der Waals surface area contributed by atoms with E-state index in [9.17, 15) is 13.6 Å². The Morgan fingerprint density at radius 2 is 2.19 bits per heavy atom. The molecule has 3 aromatic rings. The number of halogens is 2. The molecule has 0 radical (unpaired) electrons. The summed E-state index contributed by atoms with van der Waals surface area (Å²) in [6, 6.07) is 5.86. The second-order valence-corrected chi connectivity index (χ2v) is 9.35. The molecule has 0 aliphatic heterocycles. The number of amides is 1. The first-order valence-corrected chi connectivity index (χ1v) is 12.7. The fraction of sp³-hybridized carbons (Fsp3) is 0.444. The number of anilines is 1. The summed E-state index contributed by atoms with van der Waals surface area (Å²) in [5.74, 6) is -0.681. The van der Waals surface area contributed by atoms with Gasteiger partial charge in [0.25, 0.3) is 0 Å². The van der Waals surface area contributed by atoms with Gasteiger partial charge in [0, 0.05) is 43.8 Å². The second kappa shape index (κ2) is 12.7. The maximum Gasteiger partial charge on any atom is 0.242 e. The van der Waals surface area contributed by atoms with Gasteiger partial charge >= 0.3 is 0 Å². The standard InChI is InChI=1S/C27H34F2N6O/c1-2-5-25(33-22-8-7-20-12-21(28)13-24(29)23(20)14-22)27(36)34-26-17-35(18-32-26)11-4-10-31-16-19-6-3-9-30-15-19/h3,6,9,12-13,15,17-18,22,25,31,33H,2,4-5,7-8,10-11,14,16H2,1H3,(H,34,36)/t22?,25-/m0/s1. The molecule has 2 heterocycles. The molecule has 192 valence electrons. The third-order valence-electron chi connectivity index (χ3n) is 6.50. The second-order valence-electron chi connectivity index (χ2n) is 9.35. The Morgan fingerprint density at radius 3 is 3.00 bits per heavy atom. The van der Waals surface area contributed by atoms with Crippen LogP contribution in [0.2, 0.25) is 0 Å². The van der Waals surface area contributed by atoms with E-state index in [1.807, 2.05) is 36.0 Å². The van der Waals surface area contributed by atoms with Crippen LogP contribution in [0.3, 0.4) is 0 Å². The zero-order valence-corrected chi connectivity index (χ0v) is 20.6. The highest BCUT2D eigenvalue weighted by Crippen LogP contribution is 2.26. The molecule has 9 heteroatoms. The van der Waals surface area contributed by atoms with Crippen LogP contribution in [-0.4, -0.2) is 39.1 Å². The summed E-state index contributed by atoms with van der Waals surface area (Å²) < 4.78 is 29.8. The molecule has 4 rings (SSSR count). The van der Waals surface area contributed by atoms with Gasteiger partial charge in [-0.3, -0.25) is 9.78 Å². The molecule has 1 unspecified atom stereocenters. The molecule has 1 aliphatic carbocycles. The number of nitrogens with zero attached hydrogens (tertiary/aromatic N) is 3. The number of pyridine rings is 1. The average Bonchev–Trinajstić information content (AvgIpc) is 3.31. The van der Waals surface area contributed by atoms with Gasteiger partial charge in [0.2, 0.25) is 5.91 Å². The van der Waals surface area contributed by atoms with Crippen molar-refractivity contribution in [3.8, 4) is 0 Å². The van der Waals surface area contributed by atoms with Crippen LogP contribution in [0.1, 0.15) is 49.3 Å². The molecule has 0 bridgehead atoms. The number of rotatable bonds is 12. The number of carbonyl (C=O) groups is 1. The van der Waals surface area contributed by atoms with Crippen molar-refractivity contribution in [2.75, 3.05) is 11.9 Å². The molecule has 0 saturated heterocycles. The zero-order valence-electron chi connectivity index (χ0n) is 20.6. The van der Waals surface area contributed by atoms with E-state index in [4.69, 9.17) is 0 Å². The van der Waals surface area contributed by atoms with E-state index < -0.39 is 17.7 Å². The predicted molar refractivity (Wildman–Crippen MR) is 135 cm³/mol. The lowest BCUT2D eigenvalue weighted by Crippen LogP contribution is -2.48. The van der Waals surface area contributed by atoms with Crippen molar-refractivity contribution < 1.29 is 13.6 Å². The highest BCUT2D eigenvalue weighted by molar-refractivity contribution is 5.94. The quantitative estimate of drug-likeness (QED) is 0.330. The van der Waals surface area contributed by atoms with Crippen molar-refractivity contribution in [2.24, 2.45) is 0 Å². The van der Waals surface area contributed by atoms with Crippen LogP contribution in [0.4, 0.5) is 14.6 Å². The summed E-state index contributed by atoms with van der Waals surface area (Å²) in [4.78, 5) is 21.5. The minimum absolute atomic E-state index is 0.0449. The number of aryl methyl sites for hydroxylation is 2. The number of nitrogens with one attached hydrogen (secondary N) is 3. The Balaban J connectivity index is 1.24. The fourth-order valence-electron chi connectivity index (χ4n) is 4.67. The lowest BCUT2D eigenvalue weighted by Gasteiger charge is -2.29. The Hall–Kier alpha value is -3.17. The molecule has 0 fully saturated rings. The Labute approximate surface area is 210 Å². The van der Waals surface area contributed by atoms with Crippen LogP contribution in [-0.2, 0) is 30.7 Å². The molecule has 1 aromatic carbocycles. The molecule has 36 heavy (non-hydrogen) atoms. The van der Waals surface area contributed by atoms with Crippen LogP contribution in [0.15, 0.2) is 49.2 Å². The molecular weight excluding hydrogens is 462 g/mol. The van der Waals surface area contributed by atoms with Gasteiger partial charge in [0.15, 0.2) is 5.82 Å². The van der Waals surface area contributed by atoms with E-state index in [2.05, 4.69) is 25.9 Å². The van der Waals surface area contributed by atoms with Gasteiger partial charge in [-0.15, -0.1) is 0 Å². The zero-order chi connectivity index (χ0) is 25.3. The average molecular weight is 497 g/mol. The number of hydrogen-bond acceptors (Lipinski definition) is 5. The minimum atomic E-state index is -0.540. The molecular formula is C27H34F2N6O. The molecule has 1 aliphatic rings. The molecule has 0 saturated carbocycles. The summed E-state index contributed by atoms with van der Waals surface area (Å²) in [7, 11) is 0. The number of carbonyl (C=O) groups excluding carboxylic acids is 1. The van der Waals surface area contributed by atoms with E-state index in [-0.39, 0.29) is 11.9 Å². The molecule has 0 spiro atoms. The summed E-state index contributed by atoms with van der Waals surface area (Å²) in [6.07, 6.45) is 11.3. The highest BCUT2D eigenvalue weighted by atomic mass is 19.1. The highest BCUT2D eigenvalue weighted by Gasteiger charge is 2.27. The first kappa shape index (κ1) is 25.9. The summed E-state index contributed by atoms with van der Waals surface area (Å²) >= 11 is 0. The number of imidazole rings is 1. The third kappa shape index (κ3) is 7.18. The van der Waals surface area contributed by atoms with Crippen LogP contribution in [0.5, 0.6) is 0 Å². The van der Waals surface area contributed by atoms with Crippen molar-refractivity contribution in [1.29, 1.82) is 0 Å². The van der Waals surface area contributed by atoms with Gasteiger partial charge in [-0.1, -0.05) is 19.4 Å². The van der Waals surface area contributed by atoms with E-state index >= 15 is 0 Å². The van der Waals surface area contributed by atoms with Crippen LogP contribution in [0.25, 0.3) is 0 Å². The van der Waals surface area contributed by atoms with Crippen molar-refractivity contribution in [3.05, 3.63) is 77.5 Å². The largest absolute Gasteiger partial charge is 0.335 e. The van der Waals surface area contributed by atoms with E-state index in [1.54, 1.807) is 12.5 Å². The maximum atomic E-state index is 14.3. The Kier molecular flexibility index (Phi) is 9.13. The van der Waals surface area contributed by atoms with Crippen molar-refractivity contribution in [3.63, 3.8) is 0 Å². The molecule has 2 atom stereocenters. The first-order chi connectivity index (χ1) is 17.5. The van der Waals surface area contributed by atoms with E-state index in [1.165, 1.54) is 6.07 Å². The molecule has 3 N–H and O–H groups in total. The molecule has 7 nitrogen and oxygen atoms in total. The lowest BCUT2D eigenvalue weighted by molar-refractivity contribution is -0.118. The normalized spacial score (nSPS) is 15.9. The maximum absolute atomic E-state index is 14.3. The number of hydrogen-bond donors (Lipinski definition) is 3. The van der Waals surface area contributed by atoms with Gasteiger partial charge in [-0.25, -0.2) is 13.8 Å². The topological polar surface area (TPSA) is 83.9 Å². The van der Waals surface area contributed by atoms with Crippen molar-refractivity contribution in [1.82, 2.24) is 25.2 Å². The fourth-order valence-corrected chi connectivity index (χ4v) is 4.67. The van der Waals surface area contributed by atoms with Gasteiger partial charge < -0.3 is 20.5 Å². The predicted octanol–water partition coefficient (Wildman–Crippen LogP) is 3.99. The lowest BCUT2D eigenvalue weighted by atomic mass is 9.87. The van der Waals surface area contributed by atoms with Crippen molar-refractivity contribution >= 4 is 11.7 Å². The summed E-state index contributed by atoms with van der Waals surface area (Å²) in [5.41, 5.74) is 2.42. The van der Waals surface area contributed by atoms with Gasteiger partial charge in [-0.05, 0) is 67.5 Å². The van der Waals surface area contributed by atoms with Gasteiger partial charge in [-0.2, -0.15) is 0 Å². The van der Waals surface area contributed by atoms with Crippen LogP contribution >= 0.6 is 0 Å². The molecule has 2 aromatic heterocycles. The van der Waals surface area contributed by atoms with E-state index in [0.29, 0.717) is 30.6 Å². The van der Waals surface area contributed by atoms with Gasteiger partial charge in [0.1, 0.15) is 11.6 Å². The first-order valence-electron chi connectivity index (χ1n) is 12.7. The number of benzene rings is 1. The van der Waals surface area contributed by atoms with Gasteiger partial charge in [0.05, 0.1) is 12.4 Å². The third-order valence-corrected chi connectivity index (χ3v) is 6.50. The number of fused-ring (bicyclic) bond motifs is 1. The summed E-state index contributed by atoms with van der Waals surface area (Å²) in [5, 5.41) is 9.72. The Morgan fingerprint density at radius 1 is 1.31 bits per heavy atom. The number of aromatic nitrogens is 3. The smallest absolute Gasteiger partial charge is 0.242 e. The molecule has 1 amide bonds. The monoisotopic (exact) mass is 496 g/mol. The van der Waals surface area contributed by atoms with Crippen LogP contribution < -0.4 is 16.0 Å². The SMILES string of the molecule is CCC[C@H](NC1CCc2cc(F)cc(F)c2C1)C(=O)Nc1cn(CCCNCc2cccnc2)cn1. The minimum Gasteiger partial charge on any atom is -0.335 e.